The summed E-state index contributed by atoms with van der Waals surface area (Å²) in [7, 11) is 5.42. The van der Waals surface area contributed by atoms with E-state index in [1.165, 1.54) is 0 Å². The first-order valence-electron chi connectivity index (χ1n) is 10.4. The number of piperazine rings is 1. The van der Waals surface area contributed by atoms with Crippen LogP contribution in [0.5, 0.6) is 5.75 Å². The van der Waals surface area contributed by atoms with E-state index in [0.29, 0.717) is 6.54 Å². The number of hydrogen-bond donors (Lipinski definition) is 2. The molecule has 10 nitrogen and oxygen atoms in total. The summed E-state index contributed by atoms with van der Waals surface area (Å²) in [6, 6.07) is 8.17. The highest BCUT2D eigenvalue weighted by molar-refractivity contribution is 14.0. The number of aliphatic imine (C=N–C) groups is 1. The Morgan fingerprint density at radius 1 is 1.12 bits per heavy atom. The highest BCUT2D eigenvalue weighted by Crippen LogP contribution is 2.28. The number of aromatic nitrogens is 4. The second kappa shape index (κ2) is 11.2. The third-order valence-corrected chi connectivity index (χ3v) is 5.45. The molecule has 0 amide bonds. The lowest BCUT2D eigenvalue weighted by atomic mass is 10.2. The molecule has 1 fully saturated rings. The topological polar surface area (TPSA) is 95.7 Å². The highest BCUT2D eigenvalue weighted by atomic mass is 127. The number of benzene rings is 1. The van der Waals surface area contributed by atoms with E-state index in [2.05, 4.69) is 52.6 Å². The molecule has 32 heavy (non-hydrogen) atoms. The summed E-state index contributed by atoms with van der Waals surface area (Å²) < 4.78 is 7.25. The smallest absolute Gasteiger partial charge is 0.193 e. The van der Waals surface area contributed by atoms with E-state index in [9.17, 15) is 0 Å². The number of nitrogens with one attached hydrogen (secondary N) is 2. The summed E-state index contributed by atoms with van der Waals surface area (Å²) in [5.74, 6) is 2.62. The van der Waals surface area contributed by atoms with Crippen LogP contribution >= 0.6 is 24.0 Å². The maximum absolute atomic E-state index is 5.51. The Morgan fingerprint density at radius 3 is 2.66 bits per heavy atom. The van der Waals surface area contributed by atoms with Crippen molar-refractivity contribution in [3.8, 4) is 5.75 Å². The average Bonchev–Trinajstić information content (AvgIpc) is 3.21. The first-order valence-corrected chi connectivity index (χ1v) is 10.4. The number of nitrogens with zero attached hydrogens (tertiary/aromatic N) is 7. The molecule has 0 radical (unpaired) electrons. The van der Waals surface area contributed by atoms with E-state index in [1.807, 2.05) is 26.2 Å². The molecule has 1 saturated heterocycles. The predicted molar refractivity (Wildman–Crippen MR) is 138 cm³/mol. The van der Waals surface area contributed by atoms with E-state index < -0.39 is 0 Å². The summed E-state index contributed by atoms with van der Waals surface area (Å²) in [6.45, 7) is 5.06. The fourth-order valence-electron chi connectivity index (χ4n) is 3.84. The molecule has 4 rings (SSSR count). The zero-order chi connectivity index (χ0) is 21.6. The van der Waals surface area contributed by atoms with Crippen LogP contribution in [0, 0.1) is 0 Å². The van der Waals surface area contributed by atoms with Gasteiger partial charge in [-0.05, 0) is 12.1 Å². The summed E-state index contributed by atoms with van der Waals surface area (Å²) in [4.78, 5) is 17.7. The van der Waals surface area contributed by atoms with Crippen molar-refractivity contribution >= 4 is 52.5 Å². The number of halogens is 1. The molecule has 0 aliphatic carbocycles. The molecule has 0 saturated carbocycles. The lowest BCUT2D eigenvalue weighted by Gasteiger charge is -2.38. The van der Waals surface area contributed by atoms with Gasteiger partial charge in [0.25, 0.3) is 0 Å². The van der Waals surface area contributed by atoms with Gasteiger partial charge in [-0.2, -0.15) is 5.10 Å². The minimum Gasteiger partial charge on any atom is -0.495 e. The minimum atomic E-state index is 0. The van der Waals surface area contributed by atoms with E-state index in [-0.39, 0.29) is 24.0 Å². The molecule has 0 atom stereocenters. The summed E-state index contributed by atoms with van der Waals surface area (Å²) in [5.41, 5.74) is 1.96. The van der Waals surface area contributed by atoms with Gasteiger partial charge in [0.05, 0.1) is 24.4 Å². The van der Waals surface area contributed by atoms with Gasteiger partial charge in [-0.15, -0.1) is 24.0 Å². The van der Waals surface area contributed by atoms with Gasteiger partial charge in [-0.1, -0.05) is 12.1 Å². The number of methoxy groups -OCH3 is 1. The SMILES string of the molecule is CN=C(NCCNc1ncnc2c1cnn2C)N1CCN(c2ccccc2OC)CC1.I. The highest BCUT2D eigenvalue weighted by Gasteiger charge is 2.21. The molecule has 3 aromatic rings. The quantitative estimate of drug-likeness (QED) is 0.207. The maximum atomic E-state index is 5.51. The number of fused-ring (bicyclic) bond motifs is 1. The van der Waals surface area contributed by atoms with Crippen molar-refractivity contribution in [2.75, 3.05) is 63.6 Å². The first kappa shape index (κ1) is 23.8. The molecule has 11 heteroatoms. The van der Waals surface area contributed by atoms with E-state index in [4.69, 9.17) is 4.74 Å². The van der Waals surface area contributed by atoms with Crippen LogP contribution in [0.4, 0.5) is 11.5 Å². The Morgan fingerprint density at radius 2 is 1.91 bits per heavy atom. The van der Waals surface area contributed by atoms with Crippen LogP contribution in [0.3, 0.4) is 0 Å². The Labute approximate surface area is 205 Å². The Bertz CT molecular complexity index is 1050. The van der Waals surface area contributed by atoms with Crippen molar-refractivity contribution in [3.05, 3.63) is 36.8 Å². The summed E-state index contributed by atoms with van der Waals surface area (Å²) in [5, 5.41) is 12.0. The van der Waals surface area contributed by atoms with Crippen molar-refractivity contribution < 1.29 is 4.74 Å². The molecule has 172 valence electrons. The summed E-state index contributed by atoms with van der Waals surface area (Å²) in [6.07, 6.45) is 3.34. The van der Waals surface area contributed by atoms with E-state index in [1.54, 1.807) is 24.3 Å². The van der Waals surface area contributed by atoms with Gasteiger partial charge in [-0.3, -0.25) is 9.67 Å². The number of ether oxygens (including phenoxy) is 1. The lowest BCUT2D eigenvalue weighted by molar-refractivity contribution is 0.367. The van der Waals surface area contributed by atoms with Crippen LogP contribution in [0.25, 0.3) is 11.0 Å². The van der Waals surface area contributed by atoms with Crippen LogP contribution < -0.4 is 20.3 Å². The van der Waals surface area contributed by atoms with Gasteiger partial charge in [0.15, 0.2) is 11.6 Å². The molecule has 0 unspecified atom stereocenters. The lowest BCUT2D eigenvalue weighted by Crippen LogP contribution is -2.53. The second-order valence-corrected chi connectivity index (χ2v) is 7.27. The van der Waals surface area contributed by atoms with Gasteiger partial charge < -0.3 is 25.2 Å². The zero-order valence-electron chi connectivity index (χ0n) is 18.7. The first-order chi connectivity index (χ1) is 15.2. The monoisotopic (exact) mass is 551 g/mol. The zero-order valence-corrected chi connectivity index (χ0v) is 21.0. The Balaban J connectivity index is 0.00000289. The predicted octanol–water partition coefficient (Wildman–Crippen LogP) is 1.80. The van der Waals surface area contributed by atoms with Crippen molar-refractivity contribution in [2.45, 2.75) is 0 Å². The molecule has 2 aromatic heterocycles. The third-order valence-electron chi connectivity index (χ3n) is 5.45. The summed E-state index contributed by atoms with van der Waals surface area (Å²) >= 11 is 0. The largest absolute Gasteiger partial charge is 0.495 e. The molecular formula is C21H30IN9O. The number of para-hydroxylation sites is 2. The number of anilines is 2. The van der Waals surface area contributed by atoms with Crippen molar-refractivity contribution in [1.29, 1.82) is 0 Å². The van der Waals surface area contributed by atoms with Crippen LogP contribution in [-0.2, 0) is 7.05 Å². The molecular weight excluding hydrogens is 521 g/mol. The molecule has 1 aliphatic rings. The normalized spacial score (nSPS) is 14.3. The van der Waals surface area contributed by atoms with Gasteiger partial charge in [-0.25, -0.2) is 9.97 Å². The van der Waals surface area contributed by atoms with Crippen LogP contribution in [0.15, 0.2) is 41.8 Å². The molecule has 1 aliphatic heterocycles. The molecule has 2 N–H and O–H groups in total. The number of guanidine groups is 1. The Hall–Kier alpha value is -2.83. The van der Waals surface area contributed by atoms with E-state index in [0.717, 1.165) is 67.0 Å². The van der Waals surface area contributed by atoms with Crippen molar-refractivity contribution in [3.63, 3.8) is 0 Å². The standard InChI is InChI=1S/C21H29N9O.HI/c1-22-21(24-9-8-23-19-16-14-27-28(2)20(16)26-15-25-19)30-12-10-29(11-13-30)17-6-4-5-7-18(17)31-3;/h4-7,14-15H,8-13H2,1-3H3,(H,22,24)(H,23,25,26);1H. The molecule has 0 spiro atoms. The number of rotatable bonds is 6. The second-order valence-electron chi connectivity index (χ2n) is 7.27. The molecule has 0 bridgehead atoms. The van der Waals surface area contributed by atoms with Gasteiger partial charge >= 0.3 is 0 Å². The van der Waals surface area contributed by atoms with Gasteiger partial charge in [0.1, 0.15) is 17.9 Å². The molecule has 1 aromatic carbocycles. The molecule has 3 heterocycles. The van der Waals surface area contributed by atoms with E-state index >= 15 is 0 Å². The van der Waals surface area contributed by atoms with Crippen LogP contribution in [0.2, 0.25) is 0 Å². The Kier molecular flexibility index (Phi) is 8.31. The van der Waals surface area contributed by atoms with Crippen molar-refractivity contribution in [1.82, 2.24) is 30.0 Å². The fraction of sp³-hybridized carbons (Fsp3) is 0.429. The van der Waals surface area contributed by atoms with Gasteiger partial charge in [0, 0.05) is 53.4 Å². The minimum absolute atomic E-state index is 0. The van der Waals surface area contributed by atoms with Gasteiger partial charge in [0.2, 0.25) is 0 Å². The third kappa shape index (κ3) is 5.14. The number of aryl methyl sites for hydroxylation is 1. The fourth-order valence-corrected chi connectivity index (χ4v) is 3.84. The van der Waals surface area contributed by atoms with Crippen LogP contribution in [0.1, 0.15) is 0 Å². The maximum Gasteiger partial charge on any atom is 0.193 e. The number of hydrogen-bond acceptors (Lipinski definition) is 7. The van der Waals surface area contributed by atoms with Crippen LogP contribution in [-0.4, -0.2) is 84.0 Å². The van der Waals surface area contributed by atoms with Crippen molar-refractivity contribution in [2.24, 2.45) is 12.0 Å². The average molecular weight is 551 g/mol.